The van der Waals surface area contributed by atoms with E-state index in [4.69, 9.17) is 5.73 Å². The highest BCUT2D eigenvalue weighted by Crippen LogP contribution is 2.28. The van der Waals surface area contributed by atoms with E-state index in [1.807, 2.05) is 6.07 Å². The molecule has 0 radical (unpaired) electrons. The lowest BCUT2D eigenvalue weighted by atomic mass is 10.0. The molecule has 0 unspecified atom stereocenters. The highest BCUT2D eigenvalue weighted by atomic mass is 32.2. The van der Waals surface area contributed by atoms with E-state index in [9.17, 15) is 0 Å². The topological polar surface area (TPSA) is 38.9 Å². The second-order valence-corrected chi connectivity index (χ2v) is 5.35. The van der Waals surface area contributed by atoms with E-state index >= 15 is 0 Å². The lowest BCUT2D eigenvalue weighted by Gasteiger charge is -2.06. The number of rotatable bonds is 3. The third-order valence-electron chi connectivity index (χ3n) is 2.53. The molecule has 0 aliphatic heterocycles. The van der Waals surface area contributed by atoms with E-state index in [-0.39, 0.29) is 0 Å². The number of hydrogen-bond acceptors (Lipinski definition) is 3. The van der Waals surface area contributed by atoms with Crippen molar-refractivity contribution in [1.29, 1.82) is 0 Å². The largest absolute Gasteiger partial charge is 0.399 e. The van der Waals surface area contributed by atoms with Crippen LogP contribution in [0.5, 0.6) is 0 Å². The van der Waals surface area contributed by atoms with Crippen molar-refractivity contribution in [3.05, 3.63) is 48.2 Å². The second-order valence-electron chi connectivity index (χ2n) is 4.25. The van der Waals surface area contributed by atoms with Gasteiger partial charge in [-0.25, -0.2) is 4.98 Å². The molecule has 0 saturated heterocycles. The second kappa shape index (κ2) is 5.23. The van der Waals surface area contributed by atoms with Crippen molar-refractivity contribution < 1.29 is 0 Å². The number of hydrogen-bond donors (Lipinski definition) is 1. The smallest absolute Gasteiger partial charge is 0.103 e. The van der Waals surface area contributed by atoms with E-state index < -0.39 is 0 Å². The van der Waals surface area contributed by atoms with E-state index in [1.54, 1.807) is 24.0 Å². The van der Waals surface area contributed by atoms with Gasteiger partial charge in [-0.05, 0) is 35.7 Å². The van der Waals surface area contributed by atoms with Crippen LogP contribution in [0.1, 0.15) is 25.3 Å². The van der Waals surface area contributed by atoms with Crippen LogP contribution in [0, 0.1) is 0 Å². The molecule has 88 valence electrons. The van der Waals surface area contributed by atoms with Crippen molar-refractivity contribution >= 4 is 17.4 Å². The molecule has 2 aromatic rings. The molecule has 17 heavy (non-hydrogen) atoms. The van der Waals surface area contributed by atoms with Gasteiger partial charge in [-0.2, -0.15) is 0 Å². The van der Waals surface area contributed by atoms with Gasteiger partial charge >= 0.3 is 0 Å². The van der Waals surface area contributed by atoms with Crippen LogP contribution >= 0.6 is 11.8 Å². The van der Waals surface area contributed by atoms with Crippen LogP contribution in [-0.2, 0) is 0 Å². The number of nitrogens with two attached hydrogens (primary N) is 1. The summed E-state index contributed by atoms with van der Waals surface area (Å²) in [4.78, 5) is 5.46. The monoisotopic (exact) mass is 244 g/mol. The lowest BCUT2D eigenvalue weighted by Crippen LogP contribution is -1.88. The molecule has 0 bridgehead atoms. The molecular formula is C14H16N2S. The minimum absolute atomic E-state index is 0.569. The molecule has 0 amide bonds. The maximum Gasteiger partial charge on any atom is 0.103 e. The zero-order chi connectivity index (χ0) is 12.3. The summed E-state index contributed by atoms with van der Waals surface area (Å²) in [6, 6.07) is 12.3. The molecule has 0 spiro atoms. The Hall–Kier alpha value is -1.48. The standard InChI is InChI=1S/C14H16N2S/c1-10(2)11-3-5-13(6-4-11)17-14-9-12(15)7-8-16-14/h3-10H,1-2H3,(H2,15,16). The van der Waals surface area contributed by atoms with Crippen LogP contribution in [0.15, 0.2) is 52.5 Å². The van der Waals surface area contributed by atoms with E-state index in [2.05, 4.69) is 43.1 Å². The Morgan fingerprint density at radius 3 is 2.41 bits per heavy atom. The first-order valence-corrected chi connectivity index (χ1v) is 6.46. The van der Waals surface area contributed by atoms with Gasteiger partial charge in [-0.15, -0.1) is 0 Å². The van der Waals surface area contributed by atoms with Gasteiger partial charge in [0.25, 0.3) is 0 Å². The Morgan fingerprint density at radius 2 is 1.82 bits per heavy atom. The maximum atomic E-state index is 5.72. The number of anilines is 1. The normalized spacial score (nSPS) is 10.8. The number of nitrogen functional groups attached to an aromatic ring is 1. The quantitative estimate of drug-likeness (QED) is 0.888. The SMILES string of the molecule is CC(C)c1ccc(Sc2cc(N)ccn2)cc1. The van der Waals surface area contributed by atoms with Gasteiger partial charge in [-0.1, -0.05) is 37.7 Å². The average Bonchev–Trinajstić information content (AvgIpc) is 2.29. The Kier molecular flexibility index (Phi) is 3.69. The average molecular weight is 244 g/mol. The Balaban J connectivity index is 2.14. The van der Waals surface area contributed by atoms with Crippen molar-refractivity contribution in [1.82, 2.24) is 4.98 Å². The molecule has 0 atom stereocenters. The molecule has 2 rings (SSSR count). The van der Waals surface area contributed by atoms with Gasteiger partial charge in [-0.3, -0.25) is 0 Å². The van der Waals surface area contributed by atoms with Crippen LogP contribution in [0.25, 0.3) is 0 Å². The van der Waals surface area contributed by atoms with Gasteiger partial charge in [0.05, 0.1) is 0 Å². The molecule has 1 heterocycles. The van der Waals surface area contributed by atoms with E-state index in [0.29, 0.717) is 5.92 Å². The molecular weight excluding hydrogens is 228 g/mol. The summed E-state index contributed by atoms with van der Waals surface area (Å²) < 4.78 is 0. The first-order valence-electron chi connectivity index (χ1n) is 5.64. The summed E-state index contributed by atoms with van der Waals surface area (Å²) in [6.07, 6.45) is 1.74. The third-order valence-corrected chi connectivity index (χ3v) is 3.47. The molecule has 1 aromatic heterocycles. The fourth-order valence-corrected chi connectivity index (χ4v) is 2.34. The van der Waals surface area contributed by atoms with Crippen molar-refractivity contribution in [2.75, 3.05) is 5.73 Å². The Morgan fingerprint density at radius 1 is 1.12 bits per heavy atom. The van der Waals surface area contributed by atoms with Crippen LogP contribution in [0.3, 0.4) is 0 Å². The number of aromatic nitrogens is 1. The predicted octanol–water partition coefficient (Wildman–Crippen LogP) is 3.94. The van der Waals surface area contributed by atoms with Gasteiger partial charge in [0.15, 0.2) is 0 Å². The van der Waals surface area contributed by atoms with Crippen LogP contribution < -0.4 is 5.73 Å². The van der Waals surface area contributed by atoms with Crippen molar-refractivity contribution in [2.45, 2.75) is 29.7 Å². The Labute approximate surface area is 106 Å². The Bertz CT molecular complexity index is 492. The first-order chi connectivity index (χ1) is 8.15. The summed E-state index contributed by atoms with van der Waals surface area (Å²) in [6.45, 7) is 4.39. The van der Waals surface area contributed by atoms with Gasteiger partial charge in [0.2, 0.25) is 0 Å². The lowest BCUT2D eigenvalue weighted by molar-refractivity contribution is 0.865. The van der Waals surface area contributed by atoms with E-state index in [1.165, 1.54) is 10.5 Å². The van der Waals surface area contributed by atoms with Gasteiger partial charge in [0.1, 0.15) is 5.03 Å². The molecule has 0 aliphatic carbocycles. The molecule has 3 heteroatoms. The molecule has 2 nitrogen and oxygen atoms in total. The van der Waals surface area contributed by atoms with E-state index in [0.717, 1.165) is 10.7 Å². The number of pyridine rings is 1. The number of benzene rings is 1. The van der Waals surface area contributed by atoms with Crippen LogP contribution in [0.4, 0.5) is 5.69 Å². The van der Waals surface area contributed by atoms with Crippen molar-refractivity contribution in [2.24, 2.45) is 0 Å². The van der Waals surface area contributed by atoms with Crippen LogP contribution in [0.2, 0.25) is 0 Å². The summed E-state index contributed by atoms with van der Waals surface area (Å²) in [5.74, 6) is 0.569. The van der Waals surface area contributed by atoms with Crippen molar-refractivity contribution in [3.8, 4) is 0 Å². The highest BCUT2D eigenvalue weighted by molar-refractivity contribution is 7.99. The molecule has 0 saturated carbocycles. The molecule has 0 fully saturated rings. The molecule has 0 aliphatic rings. The van der Waals surface area contributed by atoms with Gasteiger partial charge in [0, 0.05) is 16.8 Å². The summed E-state index contributed by atoms with van der Waals surface area (Å²) in [7, 11) is 0. The fraction of sp³-hybridized carbons (Fsp3) is 0.214. The fourth-order valence-electron chi connectivity index (χ4n) is 1.52. The predicted molar refractivity (Wildman–Crippen MR) is 73.3 cm³/mol. The highest BCUT2D eigenvalue weighted by Gasteiger charge is 2.01. The zero-order valence-corrected chi connectivity index (χ0v) is 10.9. The third kappa shape index (κ3) is 3.24. The summed E-state index contributed by atoms with van der Waals surface area (Å²) in [5, 5.41) is 0.933. The molecule has 2 N–H and O–H groups in total. The minimum atomic E-state index is 0.569. The molecule has 1 aromatic carbocycles. The van der Waals surface area contributed by atoms with Crippen LogP contribution in [-0.4, -0.2) is 4.98 Å². The van der Waals surface area contributed by atoms with Gasteiger partial charge < -0.3 is 5.73 Å². The number of nitrogens with zero attached hydrogens (tertiary/aromatic N) is 1. The minimum Gasteiger partial charge on any atom is -0.399 e. The summed E-state index contributed by atoms with van der Waals surface area (Å²) >= 11 is 1.63. The first kappa shape index (κ1) is 12.0. The maximum absolute atomic E-state index is 5.72. The zero-order valence-electron chi connectivity index (χ0n) is 10.1. The summed E-state index contributed by atoms with van der Waals surface area (Å²) in [5.41, 5.74) is 7.83. The van der Waals surface area contributed by atoms with Crippen molar-refractivity contribution in [3.63, 3.8) is 0 Å².